The van der Waals surface area contributed by atoms with Crippen LogP contribution in [0.1, 0.15) is 47.7 Å². The van der Waals surface area contributed by atoms with E-state index in [-0.39, 0.29) is 5.91 Å². The molecule has 1 amide bonds. The van der Waals surface area contributed by atoms with E-state index in [1.807, 2.05) is 24.4 Å². The number of aromatic nitrogens is 6. The number of fused-ring (bicyclic) bond motifs is 1. The number of H-pyrrole nitrogens is 1. The third kappa shape index (κ3) is 3.75. The van der Waals surface area contributed by atoms with Gasteiger partial charge in [-0.2, -0.15) is 14.5 Å². The lowest BCUT2D eigenvalue weighted by atomic mass is 10.2. The van der Waals surface area contributed by atoms with Crippen molar-refractivity contribution in [2.24, 2.45) is 0 Å². The first-order valence-corrected chi connectivity index (χ1v) is 11.0. The highest BCUT2D eigenvalue weighted by Crippen LogP contribution is 2.39. The molecule has 5 heterocycles. The highest BCUT2D eigenvalue weighted by Gasteiger charge is 2.29. The number of hydrazine groups is 1. The van der Waals surface area contributed by atoms with Crippen molar-refractivity contribution in [3.8, 4) is 0 Å². The lowest BCUT2D eigenvalue weighted by Crippen LogP contribution is -2.51. The van der Waals surface area contributed by atoms with Gasteiger partial charge in [-0.1, -0.05) is 0 Å². The normalized spacial score (nSPS) is 16.4. The number of pyridine rings is 1. The summed E-state index contributed by atoms with van der Waals surface area (Å²) >= 11 is 0. The van der Waals surface area contributed by atoms with E-state index in [9.17, 15) is 9.18 Å². The van der Waals surface area contributed by atoms with Crippen LogP contribution < -0.4 is 10.3 Å². The van der Waals surface area contributed by atoms with Gasteiger partial charge in [-0.15, -0.1) is 5.10 Å². The van der Waals surface area contributed by atoms with Crippen molar-refractivity contribution in [2.75, 3.05) is 23.4 Å². The summed E-state index contributed by atoms with van der Waals surface area (Å²) in [5.74, 6) is 1.35. The molecule has 0 atom stereocenters. The number of halogens is 1. The van der Waals surface area contributed by atoms with Crippen molar-refractivity contribution in [1.29, 1.82) is 0 Å². The molecular formula is C22H22FN9O. The number of nitrogens with one attached hydrogen (secondary N) is 2. The molecule has 0 aromatic carbocycles. The molecule has 10 nitrogen and oxygen atoms in total. The Hall–Kier alpha value is -4.02. The van der Waals surface area contributed by atoms with Crippen molar-refractivity contribution >= 4 is 29.0 Å². The third-order valence-electron chi connectivity index (χ3n) is 5.96. The molecule has 0 radical (unpaired) electrons. The van der Waals surface area contributed by atoms with Gasteiger partial charge < -0.3 is 5.32 Å². The predicted molar refractivity (Wildman–Crippen MR) is 119 cm³/mol. The maximum Gasteiger partial charge on any atom is 0.274 e. The first-order valence-electron chi connectivity index (χ1n) is 11.0. The summed E-state index contributed by atoms with van der Waals surface area (Å²) in [6.07, 6.45) is 7.21. The van der Waals surface area contributed by atoms with E-state index >= 15 is 0 Å². The van der Waals surface area contributed by atoms with Crippen molar-refractivity contribution in [2.45, 2.75) is 31.6 Å². The predicted octanol–water partition coefficient (Wildman–Crippen LogP) is 3.27. The smallest absolute Gasteiger partial charge is 0.274 e. The van der Waals surface area contributed by atoms with Crippen LogP contribution in [0.3, 0.4) is 0 Å². The van der Waals surface area contributed by atoms with Crippen molar-refractivity contribution in [1.82, 2.24) is 34.8 Å². The van der Waals surface area contributed by atoms with Crippen LogP contribution in [0, 0.1) is 5.95 Å². The van der Waals surface area contributed by atoms with Crippen molar-refractivity contribution < 1.29 is 9.18 Å². The standard InChI is InChI=1S/C22H22FN9O/c23-18-8-7-15(13-24-18)21(33)31-10-1-2-11-32(31)22-26-20(17-4-3-9-30(17)29-22)25-19-12-16(27-28-19)14-5-6-14/h3-4,7-9,12-14H,1-2,5-6,10-11H2,(H2,25,26,27,28,29). The average molecular weight is 447 g/mol. The molecule has 2 fully saturated rings. The Balaban J connectivity index is 1.34. The van der Waals surface area contributed by atoms with Crippen molar-refractivity contribution in [3.63, 3.8) is 0 Å². The van der Waals surface area contributed by atoms with Gasteiger partial charge in [-0.25, -0.2) is 19.5 Å². The molecule has 1 aliphatic heterocycles. The molecule has 33 heavy (non-hydrogen) atoms. The van der Waals surface area contributed by atoms with E-state index in [4.69, 9.17) is 4.98 Å². The van der Waals surface area contributed by atoms with Crippen LogP contribution in [0.15, 0.2) is 42.7 Å². The summed E-state index contributed by atoms with van der Waals surface area (Å²) < 4.78 is 15.0. The highest BCUT2D eigenvalue weighted by atomic mass is 19.1. The quantitative estimate of drug-likeness (QED) is 0.452. The van der Waals surface area contributed by atoms with Crippen molar-refractivity contribution in [3.05, 3.63) is 59.9 Å². The molecule has 0 bridgehead atoms. The number of hydrogen-bond donors (Lipinski definition) is 2. The summed E-state index contributed by atoms with van der Waals surface area (Å²) in [6.45, 7) is 1.09. The van der Waals surface area contributed by atoms with E-state index in [0.29, 0.717) is 42.2 Å². The fourth-order valence-corrected chi connectivity index (χ4v) is 4.08. The number of hydrogen-bond acceptors (Lipinski definition) is 7. The summed E-state index contributed by atoms with van der Waals surface area (Å²) in [5.41, 5.74) is 2.24. The zero-order chi connectivity index (χ0) is 22.4. The maximum absolute atomic E-state index is 13.2. The summed E-state index contributed by atoms with van der Waals surface area (Å²) in [5, 5.41) is 18.8. The summed E-state index contributed by atoms with van der Waals surface area (Å²) in [4.78, 5) is 21.6. The Kier molecular flexibility index (Phi) is 4.67. The largest absolute Gasteiger partial charge is 0.322 e. The first kappa shape index (κ1) is 19.6. The number of anilines is 3. The molecule has 11 heteroatoms. The Morgan fingerprint density at radius 1 is 1.18 bits per heavy atom. The molecule has 4 aromatic heterocycles. The van der Waals surface area contributed by atoms with Crippen LogP contribution in [0.2, 0.25) is 0 Å². The molecular weight excluding hydrogens is 425 g/mol. The zero-order valence-corrected chi connectivity index (χ0v) is 17.8. The van der Waals surface area contributed by atoms with Gasteiger partial charge in [-0.05, 0) is 49.9 Å². The van der Waals surface area contributed by atoms with Crippen LogP contribution in [-0.2, 0) is 0 Å². The maximum atomic E-state index is 13.2. The fraction of sp³-hybridized carbons (Fsp3) is 0.318. The minimum atomic E-state index is -0.623. The molecule has 1 saturated carbocycles. The number of rotatable bonds is 5. The van der Waals surface area contributed by atoms with Gasteiger partial charge in [0.2, 0.25) is 5.95 Å². The Labute approximate surface area is 188 Å². The number of aromatic amines is 1. The molecule has 168 valence electrons. The van der Waals surface area contributed by atoms with Crippen LogP contribution in [0.25, 0.3) is 5.52 Å². The monoisotopic (exact) mass is 447 g/mol. The van der Waals surface area contributed by atoms with Gasteiger partial charge >= 0.3 is 0 Å². The summed E-state index contributed by atoms with van der Waals surface area (Å²) in [6, 6.07) is 8.45. The van der Waals surface area contributed by atoms with Gasteiger partial charge in [0, 0.05) is 43.2 Å². The van der Waals surface area contributed by atoms with Crippen LogP contribution in [0.5, 0.6) is 0 Å². The Morgan fingerprint density at radius 3 is 2.88 bits per heavy atom. The molecule has 1 saturated heterocycles. The van der Waals surface area contributed by atoms with E-state index in [0.717, 1.165) is 24.1 Å². The summed E-state index contributed by atoms with van der Waals surface area (Å²) in [7, 11) is 0. The molecule has 2 N–H and O–H groups in total. The topological polar surface area (TPSA) is 107 Å². The Bertz CT molecular complexity index is 1310. The number of nitrogens with zero attached hydrogens (tertiary/aromatic N) is 7. The minimum Gasteiger partial charge on any atom is -0.322 e. The number of carbonyl (C=O) groups is 1. The minimum absolute atomic E-state index is 0.269. The fourth-order valence-electron chi connectivity index (χ4n) is 4.08. The van der Waals surface area contributed by atoms with Crippen LogP contribution >= 0.6 is 0 Å². The molecule has 1 aliphatic carbocycles. The van der Waals surface area contributed by atoms with Gasteiger partial charge in [0.25, 0.3) is 11.9 Å². The van der Waals surface area contributed by atoms with Crippen LogP contribution in [-0.4, -0.2) is 53.8 Å². The first-order chi connectivity index (χ1) is 16.2. The molecule has 4 aromatic rings. The van der Waals surface area contributed by atoms with Gasteiger partial charge in [0.1, 0.15) is 5.52 Å². The second-order valence-electron chi connectivity index (χ2n) is 8.33. The van der Waals surface area contributed by atoms with E-state index in [2.05, 4.69) is 25.6 Å². The number of carbonyl (C=O) groups excluding carboxylic acids is 1. The van der Waals surface area contributed by atoms with E-state index < -0.39 is 5.95 Å². The Morgan fingerprint density at radius 2 is 2.06 bits per heavy atom. The molecule has 2 aliphatic rings. The van der Waals surface area contributed by atoms with Gasteiger partial charge in [0.05, 0.1) is 5.56 Å². The zero-order valence-electron chi connectivity index (χ0n) is 17.8. The highest BCUT2D eigenvalue weighted by molar-refractivity contribution is 5.94. The van der Waals surface area contributed by atoms with E-state index in [1.54, 1.807) is 14.5 Å². The average Bonchev–Trinajstić information content (AvgIpc) is 3.39. The lowest BCUT2D eigenvalue weighted by molar-refractivity contribution is 0.0699. The molecule has 0 spiro atoms. The third-order valence-corrected chi connectivity index (χ3v) is 5.96. The molecule has 6 rings (SSSR count). The second-order valence-corrected chi connectivity index (χ2v) is 8.33. The number of amides is 1. The second kappa shape index (κ2) is 7.84. The van der Waals surface area contributed by atoms with Gasteiger partial charge in [0.15, 0.2) is 11.6 Å². The van der Waals surface area contributed by atoms with Gasteiger partial charge in [-0.3, -0.25) is 9.89 Å². The van der Waals surface area contributed by atoms with E-state index in [1.165, 1.54) is 31.2 Å². The van der Waals surface area contributed by atoms with Crippen LogP contribution in [0.4, 0.5) is 22.0 Å². The lowest BCUT2D eigenvalue weighted by Gasteiger charge is -2.38. The molecule has 0 unspecified atom stereocenters. The SMILES string of the molecule is O=C(c1ccc(F)nc1)N1CCCCN1c1nc(Nc2cc(C3CC3)[nH]n2)c2cccn2n1.